The number of furan rings is 1. The summed E-state index contributed by atoms with van der Waals surface area (Å²) in [6.07, 6.45) is 3.28. The third-order valence-corrected chi connectivity index (χ3v) is 3.38. The molecule has 2 aromatic rings. The first-order valence-corrected chi connectivity index (χ1v) is 6.40. The lowest BCUT2D eigenvalue weighted by molar-refractivity contribution is 0.516. The Morgan fingerprint density at radius 3 is 2.94 bits per heavy atom. The molecule has 0 aliphatic rings. The van der Waals surface area contributed by atoms with E-state index >= 15 is 0 Å². The summed E-state index contributed by atoms with van der Waals surface area (Å²) in [5.41, 5.74) is 0.763. The first-order valence-electron chi connectivity index (χ1n) is 4.43. The number of aromatic nitrogens is 1. The molecule has 6 heteroatoms. The zero-order valence-corrected chi connectivity index (χ0v) is 11.9. The van der Waals surface area contributed by atoms with Crippen molar-refractivity contribution in [1.29, 1.82) is 0 Å². The molecule has 2 heterocycles. The molecule has 0 aliphatic heterocycles. The van der Waals surface area contributed by atoms with Crippen LogP contribution in [0.5, 0.6) is 0 Å². The van der Waals surface area contributed by atoms with Crippen molar-refractivity contribution in [3.63, 3.8) is 0 Å². The van der Waals surface area contributed by atoms with E-state index in [1.165, 1.54) is 0 Å². The van der Waals surface area contributed by atoms with Crippen LogP contribution in [0.1, 0.15) is 5.76 Å². The largest absolute Gasteiger partial charge is 0.466 e. The summed E-state index contributed by atoms with van der Waals surface area (Å²) in [6, 6.07) is 3.71. The van der Waals surface area contributed by atoms with Gasteiger partial charge in [0.05, 0.1) is 23.0 Å². The molecule has 84 valence electrons. The Morgan fingerprint density at radius 2 is 2.25 bits per heavy atom. The number of halogens is 3. The second kappa shape index (κ2) is 5.21. The van der Waals surface area contributed by atoms with E-state index in [4.69, 9.17) is 16.0 Å². The number of nitrogens with zero attached hydrogens (tertiary/aromatic N) is 1. The molecule has 0 aromatic carbocycles. The standard InChI is InChI=1S/C10H7Br2ClN2O/c11-6-3-8(10(13)15-4-6)14-5-9-7(12)1-2-16-9/h1-4,14H,5H2. The van der Waals surface area contributed by atoms with Crippen LogP contribution in [0.2, 0.25) is 5.15 Å². The fourth-order valence-corrected chi connectivity index (χ4v) is 2.02. The Labute approximate surface area is 114 Å². The number of anilines is 1. The van der Waals surface area contributed by atoms with E-state index < -0.39 is 0 Å². The van der Waals surface area contributed by atoms with Crippen LogP contribution in [0.3, 0.4) is 0 Å². The van der Waals surface area contributed by atoms with Crippen molar-refractivity contribution < 1.29 is 4.42 Å². The zero-order chi connectivity index (χ0) is 11.5. The summed E-state index contributed by atoms with van der Waals surface area (Å²) in [6.45, 7) is 0.547. The summed E-state index contributed by atoms with van der Waals surface area (Å²) in [7, 11) is 0. The van der Waals surface area contributed by atoms with Crippen molar-refractivity contribution >= 4 is 49.1 Å². The Bertz CT molecular complexity index is 501. The van der Waals surface area contributed by atoms with Crippen molar-refractivity contribution in [2.24, 2.45) is 0 Å². The second-order valence-electron chi connectivity index (χ2n) is 3.04. The number of hydrogen-bond donors (Lipinski definition) is 1. The predicted octanol–water partition coefficient (Wildman–Crippen LogP) is 4.47. The van der Waals surface area contributed by atoms with Crippen molar-refractivity contribution in [1.82, 2.24) is 4.98 Å². The molecule has 0 atom stereocenters. The number of hydrogen-bond acceptors (Lipinski definition) is 3. The minimum Gasteiger partial charge on any atom is -0.466 e. The van der Waals surface area contributed by atoms with Crippen LogP contribution in [0.4, 0.5) is 5.69 Å². The van der Waals surface area contributed by atoms with Gasteiger partial charge >= 0.3 is 0 Å². The highest BCUT2D eigenvalue weighted by Crippen LogP contribution is 2.25. The maximum Gasteiger partial charge on any atom is 0.152 e. The summed E-state index contributed by atoms with van der Waals surface area (Å²) >= 11 is 12.7. The summed E-state index contributed by atoms with van der Waals surface area (Å²) in [5.74, 6) is 0.816. The number of nitrogens with one attached hydrogen (secondary N) is 1. The monoisotopic (exact) mass is 364 g/mol. The molecule has 0 fully saturated rings. The maximum atomic E-state index is 5.94. The lowest BCUT2D eigenvalue weighted by atomic mass is 10.4. The fraction of sp³-hybridized carbons (Fsp3) is 0.100. The van der Waals surface area contributed by atoms with Gasteiger partial charge < -0.3 is 9.73 Å². The van der Waals surface area contributed by atoms with Crippen LogP contribution < -0.4 is 5.32 Å². The van der Waals surface area contributed by atoms with Crippen molar-refractivity contribution in [3.05, 3.63) is 44.5 Å². The van der Waals surface area contributed by atoms with Crippen LogP contribution in [0.15, 0.2) is 38.0 Å². The van der Waals surface area contributed by atoms with Gasteiger partial charge in [-0.05, 0) is 44.0 Å². The number of pyridine rings is 1. The average Bonchev–Trinajstić information content (AvgIpc) is 2.66. The quantitative estimate of drug-likeness (QED) is 0.815. The highest BCUT2D eigenvalue weighted by molar-refractivity contribution is 9.10. The predicted molar refractivity (Wildman–Crippen MR) is 70.7 cm³/mol. The summed E-state index contributed by atoms with van der Waals surface area (Å²) in [5, 5.41) is 3.58. The van der Waals surface area contributed by atoms with Crippen molar-refractivity contribution in [3.8, 4) is 0 Å². The van der Waals surface area contributed by atoms with Crippen LogP contribution in [-0.4, -0.2) is 4.98 Å². The van der Waals surface area contributed by atoms with Gasteiger partial charge in [0.15, 0.2) is 5.15 Å². The van der Waals surface area contributed by atoms with Gasteiger partial charge in [-0.1, -0.05) is 11.6 Å². The smallest absolute Gasteiger partial charge is 0.152 e. The molecular weight excluding hydrogens is 359 g/mol. The van der Waals surface area contributed by atoms with E-state index in [2.05, 4.69) is 42.2 Å². The minimum absolute atomic E-state index is 0.436. The molecule has 0 bridgehead atoms. The molecule has 0 amide bonds. The minimum atomic E-state index is 0.436. The topological polar surface area (TPSA) is 38.1 Å². The Balaban J connectivity index is 2.10. The molecule has 0 saturated heterocycles. The number of rotatable bonds is 3. The molecular formula is C10H7Br2ClN2O. The van der Waals surface area contributed by atoms with E-state index in [1.807, 2.05) is 12.1 Å². The van der Waals surface area contributed by atoms with Gasteiger partial charge in [-0.25, -0.2) is 4.98 Å². The van der Waals surface area contributed by atoms with Gasteiger partial charge in [-0.15, -0.1) is 0 Å². The second-order valence-corrected chi connectivity index (χ2v) is 5.17. The molecule has 0 spiro atoms. The van der Waals surface area contributed by atoms with Crippen molar-refractivity contribution in [2.75, 3.05) is 5.32 Å². The Hall–Kier alpha value is -0.520. The highest BCUT2D eigenvalue weighted by Gasteiger charge is 2.06. The third kappa shape index (κ3) is 2.78. The van der Waals surface area contributed by atoms with Crippen LogP contribution in [0.25, 0.3) is 0 Å². The lowest BCUT2D eigenvalue weighted by Crippen LogP contribution is -2.00. The van der Waals surface area contributed by atoms with E-state index in [-0.39, 0.29) is 0 Å². The molecule has 0 saturated carbocycles. The third-order valence-electron chi connectivity index (χ3n) is 1.94. The first-order chi connectivity index (χ1) is 7.66. The Morgan fingerprint density at radius 1 is 1.44 bits per heavy atom. The van der Waals surface area contributed by atoms with Gasteiger partial charge in [-0.3, -0.25) is 0 Å². The maximum absolute atomic E-state index is 5.94. The molecule has 3 nitrogen and oxygen atoms in total. The van der Waals surface area contributed by atoms with Gasteiger partial charge in [0.2, 0.25) is 0 Å². The van der Waals surface area contributed by atoms with E-state index in [0.717, 1.165) is 20.4 Å². The Kier molecular flexibility index (Phi) is 3.89. The van der Waals surface area contributed by atoms with Crippen LogP contribution >= 0.6 is 43.5 Å². The molecule has 0 aliphatic carbocycles. The van der Waals surface area contributed by atoms with Crippen molar-refractivity contribution in [2.45, 2.75) is 6.54 Å². The normalized spacial score (nSPS) is 10.4. The van der Waals surface area contributed by atoms with Gasteiger partial charge in [-0.2, -0.15) is 0 Å². The summed E-state index contributed by atoms with van der Waals surface area (Å²) in [4.78, 5) is 4.01. The average molecular weight is 366 g/mol. The summed E-state index contributed by atoms with van der Waals surface area (Å²) < 4.78 is 7.07. The molecule has 2 aromatic heterocycles. The van der Waals surface area contributed by atoms with E-state index in [9.17, 15) is 0 Å². The fourth-order valence-electron chi connectivity index (χ4n) is 1.17. The molecule has 0 unspecified atom stereocenters. The lowest BCUT2D eigenvalue weighted by Gasteiger charge is -2.06. The van der Waals surface area contributed by atoms with E-state index in [0.29, 0.717) is 11.7 Å². The molecule has 2 rings (SSSR count). The van der Waals surface area contributed by atoms with Gasteiger partial charge in [0, 0.05) is 10.7 Å². The first kappa shape index (κ1) is 12.0. The van der Waals surface area contributed by atoms with E-state index in [1.54, 1.807) is 12.5 Å². The van der Waals surface area contributed by atoms with Crippen LogP contribution in [0, 0.1) is 0 Å². The molecule has 16 heavy (non-hydrogen) atoms. The van der Waals surface area contributed by atoms with Gasteiger partial charge in [0.25, 0.3) is 0 Å². The van der Waals surface area contributed by atoms with Gasteiger partial charge in [0.1, 0.15) is 5.76 Å². The highest BCUT2D eigenvalue weighted by atomic mass is 79.9. The van der Waals surface area contributed by atoms with Crippen LogP contribution in [-0.2, 0) is 6.54 Å². The molecule has 1 N–H and O–H groups in total. The zero-order valence-electron chi connectivity index (χ0n) is 8.01. The molecule has 0 radical (unpaired) electrons. The SMILES string of the molecule is Clc1ncc(Br)cc1NCc1occc1Br.